The Morgan fingerprint density at radius 3 is 2.43 bits per heavy atom. The minimum Gasteiger partial charge on any atom is -0.321 e. The van der Waals surface area contributed by atoms with Gasteiger partial charge in [-0.2, -0.15) is 0 Å². The Balaban J connectivity index is 2.37. The van der Waals surface area contributed by atoms with Crippen molar-refractivity contribution in [2.45, 2.75) is 70.8 Å². The first-order valence-corrected chi connectivity index (χ1v) is 11.7. The molecule has 1 fully saturated rings. The van der Waals surface area contributed by atoms with Gasteiger partial charge in [0.2, 0.25) is 8.32 Å². The van der Waals surface area contributed by atoms with Crippen molar-refractivity contribution < 1.29 is 14.2 Å². The molecule has 0 aliphatic carbocycles. The van der Waals surface area contributed by atoms with E-state index in [1.54, 1.807) is 12.2 Å². The Kier molecular flexibility index (Phi) is 5.46. The van der Waals surface area contributed by atoms with Gasteiger partial charge in [-0.15, -0.1) is 0 Å². The van der Waals surface area contributed by atoms with E-state index in [2.05, 4.69) is 45.6 Å². The van der Waals surface area contributed by atoms with E-state index >= 15 is 0 Å². The molecule has 2 atom stereocenters. The van der Waals surface area contributed by atoms with Crippen molar-refractivity contribution in [3.8, 4) is 0 Å². The van der Waals surface area contributed by atoms with Crippen molar-refractivity contribution in [3.05, 3.63) is 35.9 Å². The molecule has 128 valence electrons. The fourth-order valence-electron chi connectivity index (χ4n) is 3.07. The van der Waals surface area contributed by atoms with Crippen molar-refractivity contribution in [3.63, 3.8) is 0 Å². The minimum atomic E-state index is -1.84. The summed E-state index contributed by atoms with van der Waals surface area (Å²) in [5, 5.41) is 1.65. The molecule has 0 radical (unpaired) electrons. The van der Waals surface area contributed by atoms with Gasteiger partial charge in [0.15, 0.2) is 0 Å². The van der Waals surface area contributed by atoms with Gasteiger partial charge < -0.3 is 4.53 Å². The molecule has 1 heterocycles. The number of hydroxylamine groups is 2. The molecule has 1 aromatic carbocycles. The van der Waals surface area contributed by atoms with Crippen LogP contribution < -0.4 is 0 Å². The number of nitrogens with zero attached hydrogens (tertiary/aromatic N) is 1. The van der Waals surface area contributed by atoms with E-state index in [1.165, 1.54) is 5.56 Å². The van der Waals surface area contributed by atoms with Crippen molar-refractivity contribution in [2.75, 3.05) is 0 Å². The van der Waals surface area contributed by atoms with Crippen LogP contribution in [0.4, 0.5) is 0 Å². The Morgan fingerprint density at radius 2 is 1.91 bits per heavy atom. The number of carbonyl (C=O) groups is 1. The molecule has 2 unspecified atom stereocenters. The van der Waals surface area contributed by atoms with Gasteiger partial charge in [-0.25, -0.2) is 0 Å². The van der Waals surface area contributed by atoms with Crippen LogP contribution in [0.1, 0.15) is 45.1 Å². The molecule has 0 saturated carbocycles. The van der Waals surface area contributed by atoms with Crippen LogP contribution in [-0.4, -0.2) is 31.0 Å². The van der Waals surface area contributed by atoms with Crippen molar-refractivity contribution in [2.24, 2.45) is 0 Å². The van der Waals surface area contributed by atoms with E-state index in [-0.39, 0.29) is 23.3 Å². The minimum absolute atomic E-state index is 0.0883. The van der Waals surface area contributed by atoms with Crippen LogP contribution in [-0.2, 0) is 14.2 Å². The maximum atomic E-state index is 11.8. The first-order chi connectivity index (χ1) is 10.6. The molecule has 1 aliphatic heterocycles. The summed E-state index contributed by atoms with van der Waals surface area (Å²) in [6.45, 7) is 12.2. The second-order valence-corrected chi connectivity index (χ2v) is 12.4. The van der Waals surface area contributed by atoms with Crippen LogP contribution in [0.25, 0.3) is 0 Å². The van der Waals surface area contributed by atoms with E-state index in [0.29, 0.717) is 6.42 Å². The Labute approximate surface area is 140 Å². The van der Waals surface area contributed by atoms with Gasteiger partial charge in [0.25, 0.3) is 0 Å². The van der Waals surface area contributed by atoms with Gasteiger partial charge in [-0.1, -0.05) is 35.6 Å². The molecule has 0 bridgehead atoms. The fraction of sp³-hybridized carbons (Fsp3) is 0.611. The Morgan fingerprint density at radius 1 is 1.30 bits per heavy atom. The molecule has 0 amide bonds. The van der Waals surface area contributed by atoms with Crippen LogP contribution in [0.5, 0.6) is 0 Å². The number of carbonyl (C=O) groups excluding carboxylic acids is 1. The standard InChI is InChI=1S/C18H29NO3Si/c1-14(20)12-17-16(15-10-8-7-9-11-15)13-18(2,3)21-19(17)22-23(4,5)6/h7-11,16-17H,12-13H2,1-6H3. The van der Waals surface area contributed by atoms with E-state index in [0.717, 1.165) is 6.42 Å². The SMILES string of the molecule is CC(=O)CC1C(c2ccccc2)CC(C)(C)ON1O[Si](C)(C)C. The summed E-state index contributed by atoms with van der Waals surface area (Å²) in [7, 11) is -1.84. The van der Waals surface area contributed by atoms with E-state index in [9.17, 15) is 4.79 Å². The molecule has 2 rings (SSSR count). The highest BCUT2D eigenvalue weighted by Gasteiger charge is 2.44. The van der Waals surface area contributed by atoms with Crippen LogP contribution >= 0.6 is 0 Å². The average Bonchev–Trinajstić information content (AvgIpc) is 2.40. The van der Waals surface area contributed by atoms with Gasteiger partial charge in [-0.05, 0) is 52.4 Å². The molecule has 1 aliphatic rings. The lowest BCUT2D eigenvalue weighted by molar-refractivity contribution is -0.409. The van der Waals surface area contributed by atoms with Crippen molar-refractivity contribution in [1.29, 1.82) is 0 Å². The summed E-state index contributed by atoms with van der Waals surface area (Å²) in [6, 6.07) is 10.3. The molecule has 1 aromatic rings. The molecular weight excluding hydrogens is 306 g/mol. The van der Waals surface area contributed by atoms with Crippen molar-refractivity contribution >= 4 is 14.1 Å². The zero-order chi connectivity index (χ0) is 17.3. The topological polar surface area (TPSA) is 38.8 Å². The third-order valence-corrected chi connectivity index (χ3v) is 4.60. The average molecular weight is 336 g/mol. The molecular formula is C18H29NO3Si. The molecule has 0 spiro atoms. The summed E-state index contributed by atoms with van der Waals surface area (Å²) in [4.78, 5) is 17.9. The van der Waals surface area contributed by atoms with E-state index < -0.39 is 8.32 Å². The second-order valence-electron chi connectivity index (χ2n) is 8.03. The zero-order valence-corrected chi connectivity index (χ0v) is 16.1. The molecule has 0 N–H and O–H groups in total. The summed E-state index contributed by atoms with van der Waals surface area (Å²) >= 11 is 0. The number of ketones is 1. The second kappa shape index (κ2) is 6.85. The molecule has 0 aromatic heterocycles. The Bertz CT molecular complexity index is 537. The number of hydrogen-bond acceptors (Lipinski definition) is 4. The number of hydrogen-bond donors (Lipinski definition) is 0. The Hall–Kier alpha value is -1.01. The van der Waals surface area contributed by atoms with Gasteiger partial charge in [0.1, 0.15) is 5.78 Å². The highest BCUT2D eigenvalue weighted by molar-refractivity contribution is 6.69. The third-order valence-electron chi connectivity index (χ3n) is 3.87. The fourth-order valence-corrected chi connectivity index (χ4v) is 3.78. The van der Waals surface area contributed by atoms with Gasteiger partial charge in [-0.3, -0.25) is 9.63 Å². The van der Waals surface area contributed by atoms with E-state index in [4.69, 9.17) is 9.36 Å². The summed E-state index contributed by atoms with van der Waals surface area (Å²) in [5.74, 6) is 0.364. The zero-order valence-electron chi connectivity index (χ0n) is 15.1. The monoisotopic (exact) mass is 335 g/mol. The lowest BCUT2D eigenvalue weighted by atomic mass is 9.80. The smallest absolute Gasteiger partial charge is 0.215 e. The highest BCUT2D eigenvalue weighted by atomic mass is 28.4. The first kappa shape index (κ1) is 18.3. The summed E-state index contributed by atoms with van der Waals surface area (Å²) in [5.41, 5.74) is 0.910. The molecule has 23 heavy (non-hydrogen) atoms. The lowest BCUT2D eigenvalue weighted by Gasteiger charge is -2.48. The summed E-state index contributed by atoms with van der Waals surface area (Å²) < 4.78 is 6.18. The van der Waals surface area contributed by atoms with Crippen LogP contribution in [0.3, 0.4) is 0 Å². The largest absolute Gasteiger partial charge is 0.321 e. The van der Waals surface area contributed by atoms with Crippen LogP contribution in [0.15, 0.2) is 30.3 Å². The third kappa shape index (κ3) is 5.24. The van der Waals surface area contributed by atoms with Crippen LogP contribution in [0, 0.1) is 0 Å². The predicted molar refractivity (Wildman–Crippen MR) is 94.3 cm³/mol. The first-order valence-electron chi connectivity index (χ1n) is 8.29. The highest BCUT2D eigenvalue weighted by Crippen LogP contribution is 2.41. The number of rotatable bonds is 5. The van der Waals surface area contributed by atoms with Gasteiger partial charge in [0.05, 0.1) is 11.6 Å². The predicted octanol–water partition coefficient (Wildman–Crippen LogP) is 4.30. The lowest BCUT2D eigenvalue weighted by Crippen LogP contribution is -2.55. The molecule has 4 nitrogen and oxygen atoms in total. The normalized spacial score (nSPS) is 25.3. The summed E-state index contributed by atoms with van der Waals surface area (Å²) in [6.07, 6.45) is 1.29. The van der Waals surface area contributed by atoms with Crippen LogP contribution in [0.2, 0.25) is 19.6 Å². The van der Waals surface area contributed by atoms with E-state index in [1.807, 2.05) is 18.2 Å². The van der Waals surface area contributed by atoms with Gasteiger partial charge >= 0.3 is 0 Å². The number of Topliss-reactive ketones (excluding diaryl/α,β-unsaturated/α-hetero) is 1. The molecule has 5 heteroatoms. The number of benzene rings is 1. The molecule has 1 saturated heterocycles. The van der Waals surface area contributed by atoms with Gasteiger partial charge in [0, 0.05) is 12.3 Å². The quantitative estimate of drug-likeness (QED) is 0.752. The maximum Gasteiger partial charge on any atom is 0.215 e. The van der Waals surface area contributed by atoms with Crippen molar-refractivity contribution in [1.82, 2.24) is 5.23 Å². The maximum absolute atomic E-state index is 11.8.